The minimum atomic E-state index is -0.393. The van der Waals surface area contributed by atoms with Crippen LogP contribution in [0.5, 0.6) is 0 Å². The summed E-state index contributed by atoms with van der Waals surface area (Å²) >= 11 is 0. The van der Waals surface area contributed by atoms with Crippen molar-refractivity contribution in [1.29, 1.82) is 0 Å². The van der Waals surface area contributed by atoms with Gasteiger partial charge in [0.25, 0.3) is 0 Å². The van der Waals surface area contributed by atoms with E-state index in [-0.39, 0.29) is 16.8 Å². The van der Waals surface area contributed by atoms with Crippen LogP contribution in [0.2, 0.25) is 0 Å². The van der Waals surface area contributed by atoms with Crippen molar-refractivity contribution in [1.82, 2.24) is 0 Å². The van der Waals surface area contributed by atoms with Crippen molar-refractivity contribution in [3.05, 3.63) is 34.6 Å². The summed E-state index contributed by atoms with van der Waals surface area (Å²) in [4.78, 5) is 12.5. The van der Waals surface area contributed by atoms with Gasteiger partial charge < -0.3 is 5.73 Å². The Bertz CT molecular complexity index is 481. The van der Waals surface area contributed by atoms with E-state index in [1.54, 1.807) is 6.92 Å². The van der Waals surface area contributed by atoms with E-state index < -0.39 is 5.82 Å². The number of halogens is 1. The summed E-state index contributed by atoms with van der Waals surface area (Å²) in [6, 6.07) is 3.31. The van der Waals surface area contributed by atoms with Crippen LogP contribution in [-0.2, 0) is 0 Å². The Morgan fingerprint density at radius 2 is 1.90 bits per heavy atom. The van der Waals surface area contributed by atoms with Crippen LogP contribution in [0.25, 0.3) is 0 Å². The van der Waals surface area contributed by atoms with Crippen LogP contribution < -0.4 is 5.73 Å². The van der Waals surface area contributed by atoms with Crippen LogP contribution in [0.1, 0.15) is 60.0 Å². The number of ketones is 1. The van der Waals surface area contributed by atoms with Gasteiger partial charge >= 0.3 is 0 Å². The molecule has 0 amide bonds. The Labute approximate surface area is 120 Å². The predicted octanol–water partition coefficient (Wildman–Crippen LogP) is 3.92. The Morgan fingerprint density at radius 1 is 1.25 bits per heavy atom. The van der Waals surface area contributed by atoms with Gasteiger partial charge in [-0.1, -0.05) is 25.3 Å². The smallest absolute Gasteiger partial charge is 0.166 e. The van der Waals surface area contributed by atoms with E-state index in [0.717, 1.165) is 36.8 Å². The highest BCUT2D eigenvalue weighted by Gasteiger charge is 2.34. The second-order valence-corrected chi connectivity index (χ2v) is 6.30. The lowest BCUT2D eigenvalue weighted by Crippen LogP contribution is -2.35. The highest BCUT2D eigenvalue weighted by molar-refractivity contribution is 5.98. The van der Waals surface area contributed by atoms with Gasteiger partial charge in [0.1, 0.15) is 5.82 Å². The van der Waals surface area contributed by atoms with Gasteiger partial charge in [0.05, 0.1) is 5.56 Å². The summed E-state index contributed by atoms with van der Waals surface area (Å²) in [6.45, 7) is 4.16. The van der Waals surface area contributed by atoms with Crippen molar-refractivity contribution >= 4 is 5.78 Å². The molecule has 2 nitrogen and oxygen atoms in total. The Morgan fingerprint density at radius 3 is 2.45 bits per heavy atom. The van der Waals surface area contributed by atoms with Gasteiger partial charge in [0.15, 0.2) is 5.78 Å². The van der Waals surface area contributed by atoms with E-state index in [2.05, 4.69) is 0 Å². The number of carbonyl (C=O) groups is 1. The molecule has 0 heterocycles. The van der Waals surface area contributed by atoms with Crippen LogP contribution in [0.3, 0.4) is 0 Å². The Kier molecular flexibility index (Phi) is 4.59. The molecule has 2 rings (SSSR count). The zero-order chi connectivity index (χ0) is 14.8. The summed E-state index contributed by atoms with van der Waals surface area (Å²) in [5.41, 5.74) is 7.65. The summed E-state index contributed by atoms with van der Waals surface area (Å²) in [5.74, 6) is -0.483. The molecule has 1 aliphatic rings. The molecule has 2 N–H and O–H groups in total. The third-order valence-corrected chi connectivity index (χ3v) is 4.59. The first-order valence-electron chi connectivity index (χ1n) is 7.47. The van der Waals surface area contributed by atoms with E-state index in [4.69, 9.17) is 5.73 Å². The maximum atomic E-state index is 14.1. The Hall–Kier alpha value is -1.22. The van der Waals surface area contributed by atoms with E-state index in [9.17, 15) is 9.18 Å². The maximum Gasteiger partial charge on any atom is 0.166 e. The lowest BCUT2D eigenvalue weighted by Gasteiger charge is -2.35. The first-order valence-corrected chi connectivity index (χ1v) is 7.47. The molecular weight excluding hydrogens is 253 g/mol. The second kappa shape index (κ2) is 6.04. The number of hydrogen-bond acceptors (Lipinski definition) is 2. The minimum Gasteiger partial charge on any atom is -0.330 e. The van der Waals surface area contributed by atoms with Crippen LogP contribution in [-0.4, -0.2) is 12.3 Å². The molecule has 0 unspecified atom stereocenters. The van der Waals surface area contributed by atoms with Gasteiger partial charge in [-0.15, -0.1) is 0 Å². The molecule has 1 aromatic carbocycles. The lowest BCUT2D eigenvalue weighted by molar-refractivity contribution is 0.0863. The number of hydrogen-bond donors (Lipinski definition) is 1. The van der Waals surface area contributed by atoms with Gasteiger partial charge in [-0.3, -0.25) is 4.79 Å². The molecular formula is C17H24FNO. The van der Waals surface area contributed by atoms with Gasteiger partial charge in [-0.2, -0.15) is 0 Å². The van der Waals surface area contributed by atoms with Gasteiger partial charge in [-0.25, -0.2) is 4.39 Å². The van der Waals surface area contributed by atoms with Crippen LogP contribution in [0.4, 0.5) is 4.39 Å². The average Bonchev–Trinajstić information content (AvgIpc) is 2.38. The zero-order valence-electron chi connectivity index (χ0n) is 12.5. The fourth-order valence-electron chi connectivity index (χ4n) is 3.45. The monoisotopic (exact) mass is 277 g/mol. The molecule has 0 saturated heterocycles. The standard InChI is InChI=1S/C17H24FNO/c1-12-8-13(2)16(14(18)9-12)15(20)10-17(11-19)6-4-3-5-7-17/h8-9H,3-7,10-11,19H2,1-2H3. The van der Waals surface area contributed by atoms with Crippen LogP contribution >= 0.6 is 0 Å². The quantitative estimate of drug-likeness (QED) is 0.847. The second-order valence-electron chi connectivity index (χ2n) is 6.30. The molecule has 110 valence electrons. The maximum absolute atomic E-state index is 14.1. The number of aryl methyl sites for hydroxylation is 2. The number of Topliss-reactive ketones (excluding diaryl/α,β-unsaturated/α-hetero) is 1. The highest BCUT2D eigenvalue weighted by Crippen LogP contribution is 2.39. The third-order valence-electron chi connectivity index (χ3n) is 4.59. The summed E-state index contributed by atoms with van der Waals surface area (Å²) in [6.07, 6.45) is 5.82. The Balaban J connectivity index is 2.23. The molecule has 3 heteroatoms. The summed E-state index contributed by atoms with van der Waals surface area (Å²) in [7, 11) is 0. The lowest BCUT2D eigenvalue weighted by atomic mass is 9.70. The van der Waals surface area contributed by atoms with Gasteiger partial charge in [-0.05, 0) is 55.8 Å². The molecule has 0 radical (unpaired) electrons. The topological polar surface area (TPSA) is 43.1 Å². The van der Waals surface area contributed by atoms with E-state index >= 15 is 0 Å². The SMILES string of the molecule is Cc1cc(C)c(C(=O)CC2(CN)CCCCC2)c(F)c1. The molecule has 0 atom stereocenters. The molecule has 1 aromatic rings. The number of carbonyl (C=O) groups excluding carboxylic acids is 1. The average molecular weight is 277 g/mol. The van der Waals surface area contributed by atoms with Crippen LogP contribution in [0, 0.1) is 25.1 Å². The zero-order valence-corrected chi connectivity index (χ0v) is 12.5. The third kappa shape index (κ3) is 3.09. The molecule has 0 bridgehead atoms. The van der Waals surface area contributed by atoms with Gasteiger partial charge in [0.2, 0.25) is 0 Å². The first kappa shape index (κ1) is 15.2. The molecule has 0 spiro atoms. The molecule has 0 aliphatic heterocycles. The van der Waals surface area contributed by atoms with Gasteiger partial charge in [0, 0.05) is 6.42 Å². The van der Waals surface area contributed by atoms with Crippen molar-refractivity contribution in [2.24, 2.45) is 11.1 Å². The molecule has 1 saturated carbocycles. The van der Waals surface area contributed by atoms with Crippen molar-refractivity contribution in [2.45, 2.75) is 52.4 Å². The largest absolute Gasteiger partial charge is 0.330 e. The normalized spacial score (nSPS) is 18.0. The van der Waals surface area contributed by atoms with Crippen molar-refractivity contribution in [3.8, 4) is 0 Å². The van der Waals surface area contributed by atoms with Crippen molar-refractivity contribution < 1.29 is 9.18 Å². The van der Waals surface area contributed by atoms with E-state index in [0.29, 0.717) is 13.0 Å². The molecule has 0 aromatic heterocycles. The molecule has 20 heavy (non-hydrogen) atoms. The fraction of sp³-hybridized carbons (Fsp3) is 0.588. The summed E-state index contributed by atoms with van der Waals surface area (Å²) < 4.78 is 14.1. The fourth-order valence-corrected chi connectivity index (χ4v) is 3.45. The number of nitrogens with two attached hydrogens (primary N) is 1. The van der Waals surface area contributed by atoms with E-state index in [1.807, 2.05) is 13.0 Å². The highest BCUT2D eigenvalue weighted by atomic mass is 19.1. The molecule has 1 aliphatic carbocycles. The van der Waals surface area contributed by atoms with Crippen LogP contribution in [0.15, 0.2) is 12.1 Å². The van der Waals surface area contributed by atoms with Crippen molar-refractivity contribution in [2.75, 3.05) is 6.54 Å². The molecule has 1 fully saturated rings. The summed E-state index contributed by atoms with van der Waals surface area (Å²) in [5, 5.41) is 0. The van der Waals surface area contributed by atoms with Crippen molar-refractivity contribution in [3.63, 3.8) is 0 Å². The minimum absolute atomic E-state index is 0.0904. The van der Waals surface area contributed by atoms with E-state index in [1.165, 1.54) is 12.5 Å². The predicted molar refractivity (Wildman–Crippen MR) is 79.4 cm³/mol. The number of benzene rings is 1. The first-order chi connectivity index (χ1) is 9.47. The number of rotatable bonds is 4.